The number of halogens is 1. The van der Waals surface area contributed by atoms with Crippen LogP contribution in [0.2, 0.25) is 0 Å². The van der Waals surface area contributed by atoms with Gasteiger partial charge in [0, 0.05) is 12.8 Å². The molecule has 0 bridgehead atoms. The van der Waals surface area contributed by atoms with E-state index in [-0.39, 0.29) is 47.9 Å². The molecule has 238 valence electrons. The molecule has 2 unspecified atom stereocenters. The summed E-state index contributed by atoms with van der Waals surface area (Å²) in [4.78, 5) is 41.9. The third kappa shape index (κ3) is 6.52. The van der Waals surface area contributed by atoms with Gasteiger partial charge in [-0.2, -0.15) is 0 Å². The Balaban J connectivity index is 1.14. The van der Waals surface area contributed by atoms with Crippen LogP contribution in [0.1, 0.15) is 25.3 Å². The molecule has 0 radical (unpaired) electrons. The largest absolute Gasteiger partial charge is 0.386 e. The molecule has 2 fully saturated rings. The molecule has 0 aromatic carbocycles. The molecule has 0 amide bonds. The third-order valence-electron chi connectivity index (χ3n) is 6.79. The van der Waals surface area contributed by atoms with Crippen LogP contribution in [0.25, 0.3) is 21.5 Å². The molecule has 18 nitrogen and oxygen atoms in total. The summed E-state index contributed by atoms with van der Waals surface area (Å²) in [6, 6.07) is 0. The molecule has 4 aromatic heterocycles. The molecule has 2 saturated heterocycles. The van der Waals surface area contributed by atoms with E-state index in [1.54, 1.807) is 0 Å². The van der Waals surface area contributed by atoms with Gasteiger partial charge in [0.2, 0.25) is 0 Å². The highest BCUT2D eigenvalue weighted by Gasteiger charge is 2.44. The molecule has 44 heavy (non-hydrogen) atoms. The second-order valence-electron chi connectivity index (χ2n) is 9.69. The first kappa shape index (κ1) is 31.7. The van der Waals surface area contributed by atoms with Crippen molar-refractivity contribution in [1.82, 2.24) is 34.1 Å². The Bertz CT molecular complexity index is 1860. The van der Waals surface area contributed by atoms with Crippen molar-refractivity contribution < 1.29 is 41.5 Å². The zero-order valence-corrected chi connectivity index (χ0v) is 26.5. The standard InChI is InChI=1S/C20H24FN9O9P2S3/c21-9-1-8(37-19(9)29-7-28-13-15(22)24-5-26-17(13)29)3-36-41(34,43)39-10-2-12(38-11(10)4-35-40(32,33)42)30-18-14(44-20(30)31)16(23)25-6-27-18/h5-12,19H,1-4H2,(H,34,43)(H2,22,24,26)(H2,23,25,27)(H2,32,33,42)/t8-,9+,10?,11?,12+,19+,41+/m0/s1. The maximum absolute atomic E-state index is 15.0. The smallest absolute Gasteiger partial charge is 0.382 e. The van der Waals surface area contributed by atoms with Crippen LogP contribution >= 0.6 is 49.4 Å². The van der Waals surface area contributed by atoms with Gasteiger partial charge < -0.3 is 25.8 Å². The molecule has 2 aliphatic heterocycles. The number of anilines is 2. The molecular formula is C20H24FN9O9P2S3. The first-order valence-corrected chi connectivity index (χ1v) is 18.9. The van der Waals surface area contributed by atoms with E-state index in [1.165, 1.54) is 28.1 Å². The summed E-state index contributed by atoms with van der Waals surface area (Å²) in [6.45, 7) is -9.33. The van der Waals surface area contributed by atoms with Gasteiger partial charge in [0.15, 0.2) is 23.3 Å². The summed E-state index contributed by atoms with van der Waals surface area (Å²) in [6.07, 6.45) is -3.18. The summed E-state index contributed by atoms with van der Waals surface area (Å²) in [7, 11) is 0. The first-order chi connectivity index (χ1) is 20.8. The van der Waals surface area contributed by atoms with Gasteiger partial charge >= 0.3 is 18.5 Å². The molecular weight excluding hydrogens is 687 g/mol. The summed E-state index contributed by atoms with van der Waals surface area (Å²) in [5, 5.41) is 0. The van der Waals surface area contributed by atoms with Gasteiger partial charge in [-0.05, 0) is 0 Å². The molecule has 6 heterocycles. The van der Waals surface area contributed by atoms with Gasteiger partial charge in [0.05, 0.1) is 25.6 Å². The van der Waals surface area contributed by atoms with Crippen molar-refractivity contribution in [1.29, 1.82) is 0 Å². The average molecular weight is 712 g/mol. The monoisotopic (exact) mass is 711 g/mol. The lowest BCUT2D eigenvalue weighted by Crippen LogP contribution is -2.28. The topological polar surface area (TPSA) is 244 Å². The summed E-state index contributed by atoms with van der Waals surface area (Å²) in [5.41, 5.74) is 12.4. The van der Waals surface area contributed by atoms with E-state index < -0.39 is 62.0 Å². The van der Waals surface area contributed by atoms with E-state index >= 15 is 4.39 Å². The number of fused-ring (bicyclic) bond motifs is 2. The Labute approximate surface area is 260 Å². The van der Waals surface area contributed by atoms with Crippen molar-refractivity contribution in [3.05, 3.63) is 28.6 Å². The zero-order chi connectivity index (χ0) is 31.4. The SMILES string of the molecule is Nc1ncnc2c1ncn2[C@@H]1O[C@H](CO[P@@](=O)(S)OC2C[C@H](n3c(=O)sc4c(N)ncnc43)OC2CO[P@@](=O)(O)S)C[C@H]1F. The maximum atomic E-state index is 15.0. The van der Waals surface area contributed by atoms with Crippen molar-refractivity contribution >= 4 is 82.6 Å². The Morgan fingerprint density at radius 1 is 1.05 bits per heavy atom. The van der Waals surface area contributed by atoms with Crippen molar-refractivity contribution in [2.24, 2.45) is 0 Å². The van der Waals surface area contributed by atoms with Gasteiger partial charge in [-0.3, -0.25) is 27.5 Å². The number of rotatable bonds is 10. The molecule has 4 aromatic rings. The van der Waals surface area contributed by atoms with Crippen molar-refractivity contribution in [3.8, 4) is 0 Å². The lowest BCUT2D eigenvalue weighted by atomic mass is 10.2. The number of thiazole rings is 1. The predicted octanol–water partition coefficient (Wildman–Crippen LogP) is 2.26. The molecule has 0 saturated carbocycles. The number of hydrogen-bond donors (Lipinski definition) is 5. The fraction of sp³-hybridized carbons (Fsp3) is 0.500. The van der Waals surface area contributed by atoms with Crippen LogP contribution in [0.4, 0.5) is 16.0 Å². The summed E-state index contributed by atoms with van der Waals surface area (Å²) >= 11 is 8.35. The van der Waals surface area contributed by atoms with Gasteiger partial charge in [-0.1, -0.05) is 35.8 Å². The van der Waals surface area contributed by atoms with E-state index in [9.17, 15) is 18.8 Å². The molecule has 8 atom stereocenters. The molecule has 6 rings (SSSR count). The van der Waals surface area contributed by atoms with E-state index in [1.807, 2.05) is 0 Å². The first-order valence-electron chi connectivity index (χ1n) is 12.6. The lowest BCUT2D eigenvalue weighted by Gasteiger charge is -2.23. The highest BCUT2D eigenvalue weighted by Crippen LogP contribution is 2.57. The van der Waals surface area contributed by atoms with Gasteiger partial charge in [-0.15, -0.1) is 0 Å². The van der Waals surface area contributed by atoms with Crippen molar-refractivity contribution in [2.75, 3.05) is 24.7 Å². The number of nitrogen functional groups attached to an aromatic ring is 2. The molecule has 24 heteroatoms. The van der Waals surface area contributed by atoms with Crippen molar-refractivity contribution in [2.45, 2.75) is 49.8 Å². The van der Waals surface area contributed by atoms with Crippen molar-refractivity contribution in [3.63, 3.8) is 0 Å². The van der Waals surface area contributed by atoms with Crippen LogP contribution in [-0.2, 0) is 32.2 Å². The maximum Gasteiger partial charge on any atom is 0.386 e. The van der Waals surface area contributed by atoms with Gasteiger partial charge in [-0.25, -0.2) is 38.4 Å². The van der Waals surface area contributed by atoms with Crippen LogP contribution in [0.3, 0.4) is 0 Å². The predicted molar refractivity (Wildman–Crippen MR) is 160 cm³/mol. The van der Waals surface area contributed by atoms with E-state index in [2.05, 4.69) is 49.4 Å². The fourth-order valence-electron chi connectivity index (χ4n) is 4.90. The van der Waals surface area contributed by atoms with Crippen LogP contribution in [-0.4, -0.2) is 76.6 Å². The molecule has 0 spiro atoms. The second-order valence-corrected chi connectivity index (χ2v) is 16.3. The number of imidazole rings is 1. The lowest BCUT2D eigenvalue weighted by molar-refractivity contribution is -0.0421. The molecule has 2 aliphatic rings. The average Bonchev–Trinajstić information content (AvgIpc) is 3.70. The third-order valence-corrected chi connectivity index (χ3v) is 10.2. The van der Waals surface area contributed by atoms with Crippen LogP contribution in [0.15, 0.2) is 23.8 Å². The number of nitrogens with two attached hydrogens (primary N) is 2. The second kappa shape index (κ2) is 12.2. The highest BCUT2D eigenvalue weighted by molar-refractivity contribution is 8.44. The fourth-order valence-corrected chi connectivity index (χ4v) is 7.86. The number of aromatic nitrogens is 7. The Morgan fingerprint density at radius 2 is 1.77 bits per heavy atom. The van der Waals surface area contributed by atoms with E-state index in [0.717, 1.165) is 11.3 Å². The minimum atomic E-state index is -4.25. The van der Waals surface area contributed by atoms with E-state index in [0.29, 0.717) is 4.70 Å². The molecule has 0 aliphatic carbocycles. The number of hydrogen-bond acceptors (Lipinski definition) is 16. The Morgan fingerprint density at radius 3 is 2.52 bits per heavy atom. The molecule has 5 N–H and O–H groups in total. The quantitative estimate of drug-likeness (QED) is 0.117. The Kier molecular flexibility index (Phi) is 8.78. The minimum absolute atomic E-state index is 0.0901. The van der Waals surface area contributed by atoms with Crippen LogP contribution in [0, 0.1) is 0 Å². The van der Waals surface area contributed by atoms with Crippen LogP contribution in [0.5, 0.6) is 0 Å². The summed E-state index contributed by atoms with van der Waals surface area (Å²) in [5.74, 6) is 0.222. The van der Waals surface area contributed by atoms with E-state index in [4.69, 9.17) is 34.5 Å². The van der Waals surface area contributed by atoms with Gasteiger partial charge in [0.25, 0.3) is 0 Å². The minimum Gasteiger partial charge on any atom is -0.382 e. The number of thiol groups is 2. The Hall–Kier alpha value is -2.23. The number of alkyl halides is 1. The highest BCUT2D eigenvalue weighted by atomic mass is 32.7. The summed E-state index contributed by atoms with van der Waals surface area (Å²) < 4.78 is 70.6. The van der Waals surface area contributed by atoms with Gasteiger partial charge in [0.1, 0.15) is 53.3 Å². The zero-order valence-electron chi connectivity index (χ0n) is 22.1. The normalized spacial score (nSPS) is 28.5. The number of ether oxygens (including phenoxy) is 2. The van der Waals surface area contributed by atoms with Crippen LogP contribution < -0.4 is 16.3 Å². The number of nitrogens with zero attached hydrogens (tertiary/aromatic N) is 7.